The van der Waals surface area contributed by atoms with Gasteiger partial charge in [0.05, 0.1) is 12.2 Å². The van der Waals surface area contributed by atoms with Crippen molar-refractivity contribution in [2.45, 2.75) is 45.8 Å². The van der Waals surface area contributed by atoms with Gasteiger partial charge in [-0.15, -0.1) is 5.10 Å². The highest BCUT2D eigenvalue weighted by molar-refractivity contribution is 7.99. The van der Waals surface area contributed by atoms with Crippen molar-refractivity contribution in [2.75, 3.05) is 17.7 Å². The Kier molecular flexibility index (Phi) is 5.89. The first-order valence-corrected chi connectivity index (χ1v) is 10.2. The standard InChI is InChI=1S/C20H26N4O2S/c1-6-26-18(25)16-14(5)21-19-22-20(27-11-12(2)3)23-24(19)17(16)15-9-7-13(4)8-10-15/h7-10,12,17H,6,11H2,1-5H3,(H,21,22,23)/t17-/m0/s1. The van der Waals surface area contributed by atoms with Crippen LogP contribution >= 0.6 is 11.8 Å². The minimum absolute atomic E-state index is 0.328. The average molecular weight is 387 g/mol. The summed E-state index contributed by atoms with van der Waals surface area (Å²) in [6, 6.07) is 7.79. The first-order chi connectivity index (χ1) is 12.9. The molecule has 1 aliphatic rings. The van der Waals surface area contributed by atoms with E-state index in [1.165, 1.54) is 0 Å². The molecule has 1 aliphatic heterocycles. The smallest absolute Gasteiger partial charge is 0.338 e. The summed E-state index contributed by atoms with van der Waals surface area (Å²) >= 11 is 1.63. The van der Waals surface area contributed by atoms with Crippen molar-refractivity contribution < 1.29 is 9.53 Å². The van der Waals surface area contributed by atoms with E-state index >= 15 is 0 Å². The van der Waals surface area contributed by atoms with Crippen LogP contribution in [0.3, 0.4) is 0 Å². The lowest BCUT2D eigenvalue weighted by Gasteiger charge is -2.28. The van der Waals surface area contributed by atoms with Gasteiger partial charge in [0.15, 0.2) is 0 Å². The molecule has 0 aliphatic carbocycles. The third-order valence-corrected chi connectivity index (χ3v) is 5.53. The number of ether oxygens (including phenoxy) is 1. The molecule has 0 unspecified atom stereocenters. The number of thioether (sulfide) groups is 1. The molecule has 7 heteroatoms. The molecule has 2 heterocycles. The van der Waals surface area contributed by atoms with Crippen molar-refractivity contribution >= 4 is 23.7 Å². The van der Waals surface area contributed by atoms with Crippen molar-refractivity contribution in [1.29, 1.82) is 0 Å². The van der Waals surface area contributed by atoms with Gasteiger partial charge in [-0.1, -0.05) is 55.4 Å². The Hall–Kier alpha value is -2.28. The molecule has 3 rings (SSSR count). The maximum atomic E-state index is 12.7. The van der Waals surface area contributed by atoms with Gasteiger partial charge in [-0.25, -0.2) is 9.48 Å². The van der Waals surface area contributed by atoms with Gasteiger partial charge in [0.2, 0.25) is 11.1 Å². The lowest BCUT2D eigenvalue weighted by molar-refractivity contribution is -0.139. The van der Waals surface area contributed by atoms with Crippen LogP contribution in [0.4, 0.5) is 5.95 Å². The lowest BCUT2D eigenvalue weighted by atomic mass is 9.95. The molecule has 1 aromatic carbocycles. The van der Waals surface area contributed by atoms with Crippen LogP contribution in [0.1, 0.15) is 44.9 Å². The Morgan fingerprint density at radius 3 is 2.63 bits per heavy atom. The van der Waals surface area contributed by atoms with E-state index in [0.717, 1.165) is 22.6 Å². The number of anilines is 1. The zero-order chi connectivity index (χ0) is 19.6. The fourth-order valence-corrected chi connectivity index (χ4v) is 3.74. The zero-order valence-corrected chi connectivity index (χ0v) is 17.3. The molecule has 0 amide bonds. The molecule has 0 saturated carbocycles. The number of carbonyl (C=O) groups is 1. The highest BCUT2D eigenvalue weighted by Gasteiger charge is 2.35. The summed E-state index contributed by atoms with van der Waals surface area (Å²) in [6.07, 6.45) is 0. The summed E-state index contributed by atoms with van der Waals surface area (Å²) in [6.45, 7) is 10.4. The van der Waals surface area contributed by atoms with Crippen LogP contribution < -0.4 is 5.32 Å². The van der Waals surface area contributed by atoms with Crippen LogP contribution in [0.25, 0.3) is 0 Å². The van der Waals surface area contributed by atoms with Crippen LogP contribution in [-0.4, -0.2) is 33.1 Å². The molecule has 0 radical (unpaired) electrons. The van der Waals surface area contributed by atoms with Gasteiger partial charge in [0.25, 0.3) is 0 Å². The SMILES string of the molecule is CCOC(=O)C1=C(C)Nc2nc(SCC(C)C)nn2[C@H]1c1ccc(C)cc1. The van der Waals surface area contributed by atoms with E-state index < -0.39 is 0 Å². The Labute approximate surface area is 164 Å². The third kappa shape index (κ3) is 4.18. The number of hydrogen-bond donors (Lipinski definition) is 1. The second kappa shape index (κ2) is 8.17. The molecule has 0 spiro atoms. The molecule has 0 saturated heterocycles. The van der Waals surface area contributed by atoms with E-state index in [-0.39, 0.29) is 12.0 Å². The predicted octanol–water partition coefficient (Wildman–Crippen LogP) is 4.19. The number of benzene rings is 1. The number of rotatable bonds is 6. The number of hydrogen-bond acceptors (Lipinski definition) is 6. The van der Waals surface area contributed by atoms with Gasteiger partial charge in [0.1, 0.15) is 6.04 Å². The summed E-state index contributed by atoms with van der Waals surface area (Å²) < 4.78 is 7.12. The first kappa shape index (κ1) is 19.5. The lowest BCUT2D eigenvalue weighted by Crippen LogP contribution is -2.29. The minimum Gasteiger partial charge on any atom is -0.463 e. The number of nitrogens with one attached hydrogen (secondary N) is 1. The van der Waals surface area contributed by atoms with E-state index in [1.54, 1.807) is 16.4 Å². The molecular formula is C20H26N4O2S. The fourth-order valence-electron chi connectivity index (χ4n) is 2.96. The van der Waals surface area contributed by atoms with E-state index in [1.807, 2.05) is 45.0 Å². The summed E-state index contributed by atoms with van der Waals surface area (Å²) in [5.41, 5.74) is 3.46. The Bertz CT molecular complexity index is 855. The van der Waals surface area contributed by atoms with E-state index in [2.05, 4.69) is 24.1 Å². The molecule has 144 valence electrons. The maximum absolute atomic E-state index is 12.7. The second-order valence-electron chi connectivity index (χ2n) is 7.06. The van der Waals surface area contributed by atoms with E-state index in [0.29, 0.717) is 29.2 Å². The molecule has 27 heavy (non-hydrogen) atoms. The van der Waals surface area contributed by atoms with Gasteiger partial charge in [-0.05, 0) is 32.3 Å². The normalized spacial score (nSPS) is 16.3. The number of esters is 1. The second-order valence-corrected chi connectivity index (χ2v) is 8.05. The molecule has 2 aromatic rings. The summed E-state index contributed by atoms with van der Waals surface area (Å²) in [5.74, 6) is 1.81. The predicted molar refractivity (Wildman–Crippen MR) is 108 cm³/mol. The van der Waals surface area contributed by atoms with Crippen LogP contribution in [0.2, 0.25) is 0 Å². The van der Waals surface area contributed by atoms with Crippen molar-refractivity contribution in [3.63, 3.8) is 0 Å². The molecular weight excluding hydrogens is 360 g/mol. The van der Waals surface area contributed by atoms with Crippen LogP contribution in [0.15, 0.2) is 40.7 Å². The molecule has 0 fully saturated rings. The largest absolute Gasteiger partial charge is 0.463 e. The number of allylic oxidation sites excluding steroid dienone is 1. The fraction of sp³-hybridized carbons (Fsp3) is 0.450. The molecule has 1 N–H and O–H groups in total. The number of aryl methyl sites for hydroxylation is 1. The molecule has 1 aromatic heterocycles. The van der Waals surface area contributed by atoms with Crippen molar-refractivity contribution in [1.82, 2.24) is 14.8 Å². The summed E-state index contributed by atoms with van der Waals surface area (Å²) in [7, 11) is 0. The zero-order valence-electron chi connectivity index (χ0n) is 16.4. The Balaban J connectivity index is 2.05. The molecule has 0 bridgehead atoms. The maximum Gasteiger partial charge on any atom is 0.338 e. The van der Waals surface area contributed by atoms with Crippen molar-refractivity contribution in [3.05, 3.63) is 46.7 Å². The molecule has 1 atom stereocenters. The van der Waals surface area contributed by atoms with Crippen LogP contribution in [-0.2, 0) is 9.53 Å². The number of carbonyl (C=O) groups excluding carboxylic acids is 1. The van der Waals surface area contributed by atoms with Gasteiger partial charge in [-0.2, -0.15) is 4.98 Å². The van der Waals surface area contributed by atoms with Crippen LogP contribution in [0, 0.1) is 12.8 Å². The Morgan fingerprint density at radius 1 is 1.30 bits per heavy atom. The number of aromatic nitrogens is 3. The Morgan fingerprint density at radius 2 is 2.00 bits per heavy atom. The van der Waals surface area contributed by atoms with Crippen molar-refractivity contribution in [2.24, 2.45) is 5.92 Å². The summed E-state index contributed by atoms with van der Waals surface area (Å²) in [5, 5.41) is 8.63. The van der Waals surface area contributed by atoms with Crippen LogP contribution in [0.5, 0.6) is 0 Å². The monoisotopic (exact) mass is 386 g/mol. The highest BCUT2D eigenvalue weighted by atomic mass is 32.2. The van der Waals surface area contributed by atoms with Crippen molar-refractivity contribution in [3.8, 4) is 0 Å². The first-order valence-electron chi connectivity index (χ1n) is 9.21. The minimum atomic E-state index is -0.359. The van der Waals surface area contributed by atoms with Gasteiger partial charge in [0, 0.05) is 11.4 Å². The van der Waals surface area contributed by atoms with Gasteiger partial charge in [-0.3, -0.25) is 0 Å². The third-order valence-electron chi connectivity index (χ3n) is 4.27. The van der Waals surface area contributed by atoms with E-state index in [9.17, 15) is 4.79 Å². The summed E-state index contributed by atoms with van der Waals surface area (Å²) in [4.78, 5) is 17.3. The van der Waals surface area contributed by atoms with E-state index in [4.69, 9.17) is 9.84 Å². The van der Waals surface area contributed by atoms with Gasteiger partial charge >= 0.3 is 5.97 Å². The molecule has 6 nitrogen and oxygen atoms in total. The van der Waals surface area contributed by atoms with Gasteiger partial charge < -0.3 is 10.1 Å². The quantitative estimate of drug-likeness (QED) is 0.593. The number of fused-ring (bicyclic) bond motifs is 1. The topological polar surface area (TPSA) is 69.0 Å². The average Bonchev–Trinajstić information content (AvgIpc) is 3.02. The highest BCUT2D eigenvalue weighted by Crippen LogP contribution is 2.36. The number of nitrogens with zero attached hydrogens (tertiary/aromatic N) is 3.